The van der Waals surface area contributed by atoms with Crippen LogP contribution in [0.5, 0.6) is 0 Å². The van der Waals surface area contributed by atoms with Crippen LogP contribution in [0.15, 0.2) is 53.7 Å². The maximum atomic E-state index is 11.0. The number of hydrogen-bond acceptors (Lipinski definition) is 5. The van der Waals surface area contributed by atoms with Crippen LogP contribution in [0.1, 0.15) is 5.56 Å². The van der Waals surface area contributed by atoms with Gasteiger partial charge in [0.1, 0.15) is 5.76 Å². The monoisotopic (exact) mass is 290 g/mol. The van der Waals surface area contributed by atoms with Gasteiger partial charge in [0.15, 0.2) is 0 Å². The molecule has 2 rings (SSSR count). The van der Waals surface area contributed by atoms with E-state index in [2.05, 4.69) is 5.10 Å². The first-order chi connectivity index (χ1) is 9.56. The first kappa shape index (κ1) is 13.9. The fraction of sp³-hybridized carbons (Fsp3) is 0. The lowest BCUT2D eigenvalue weighted by Crippen LogP contribution is -2.09. The lowest BCUT2D eigenvalue weighted by molar-refractivity contribution is -0.146. The summed E-state index contributed by atoms with van der Waals surface area (Å²) in [5.41, 5.74) is 0.267. The Morgan fingerprint density at radius 2 is 1.90 bits per heavy atom. The summed E-state index contributed by atoms with van der Waals surface area (Å²) >= 11 is 1.32. The number of carboxylic acids is 1. The molecule has 0 saturated carbocycles. The van der Waals surface area contributed by atoms with Crippen molar-refractivity contribution in [2.45, 2.75) is 4.90 Å². The van der Waals surface area contributed by atoms with Gasteiger partial charge in [-0.05, 0) is 12.1 Å². The van der Waals surface area contributed by atoms with Gasteiger partial charge in [-0.2, -0.15) is 5.10 Å². The van der Waals surface area contributed by atoms with E-state index in [1.165, 1.54) is 28.4 Å². The quantitative estimate of drug-likeness (QED) is 0.497. The number of carboxylic acid groups (broad SMARTS) is 1. The number of aliphatic hydroxyl groups is 1. The van der Waals surface area contributed by atoms with Crippen LogP contribution in [0.2, 0.25) is 0 Å². The number of nitrogens with zero attached hydrogens (tertiary/aromatic N) is 2. The average Bonchev–Trinajstić information content (AvgIpc) is 2.88. The highest BCUT2D eigenvalue weighted by atomic mass is 32.2. The fourth-order valence-electron chi connectivity index (χ4n) is 1.35. The third-order valence-electron chi connectivity index (χ3n) is 2.28. The highest BCUT2D eigenvalue weighted by Crippen LogP contribution is 2.20. The van der Waals surface area contributed by atoms with Crippen molar-refractivity contribution < 1.29 is 19.8 Å². The van der Waals surface area contributed by atoms with Crippen molar-refractivity contribution in [2.24, 2.45) is 0 Å². The molecule has 1 aromatic carbocycles. The van der Waals surface area contributed by atoms with Crippen molar-refractivity contribution in [3.8, 4) is 0 Å². The Kier molecular flexibility index (Phi) is 4.21. The molecule has 20 heavy (non-hydrogen) atoms. The van der Waals surface area contributed by atoms with Crippen molar-refractivity contribution in [3.05, 3.63) is 54.4 Å². The molecule has 102 valence electrons. The molecule has 6 nitrogen and oxygen atoms in total. The molecule has 2 N–H and O–H groups in total. The van der Waals surface area contributed by atoms with Crippen LogP contribution in [-0.4, -0.2) is 31.2 Å². The Morgan fingerprint density at radius 3 is 2.55 bits per heavy atom. The van der Waals surface area contributed by atoms with E-state index in [0.717, 1.165) is 4.90 Å². The van der Waals surface area contributed by atoms with E-state index in [9.17, 15) is 14.7 Å². The molecule has 7 heteroatoms. The summed E-state index contributed by atoms with van der Waals surface area (Å²) in [5.74, 6) is -3.24. The lowest BCUT2D eigenvalue weighted by atomic mass is 10.2. The molecular weight excluding hydrogens is 280 g/mol. The first-order valence-electron chi connectivity index (χ1n) is 5.52. The molecule has 0 unspecified atom stereocenters. The zero-order chi connectivity index (χ0) is 14.5. The summed E-state index contributed by atoms with van der Waals surface area (Å²) in [4.78, 5) is 22.3. The van der Waals surface area contributed by atoms with Crippen LogP contribution in [0.4, 0.5) is 0 Å². The van der Waals surface area contributed by atoms with E-state index in [1.54, 1.807) is 0 Å². The molecule has 0 fully saturated rings. The summed E-state index contributed by atoms with van der Waals surface area (Å²) in [6.07, 6.45) is 3.49. The second-order valence-corrected chi connectivity index (χ2v) is 4.76. The van der Waals surface area contributed by atoms with Crippen molar-refractivity contribution >= 4 is 29.5 Å². The molecule has 2 aromatic rings. The van der Waals surface area contributed by atoms with E-state index in [4.69, 9.17) is 5.11 Å². The molecule has 0 amide bonds. The van der Waals surface area contributed by atoms with Crippen LogP contribution in [0.3, 0.4) is 0 Å². The summed E-state index contributed by atoms with van der Waals surface area (Å²) in [7, 11) is 0. The van der Waals surface area contributed by atoms with Gasteiger partial charge in [0, 0.05) is 29.1 Å². The van der Waals surface area contributed by atoms with Gasteiger partial charge >= 0.3 is 5.97 Å². The van der Waals surface area contributed by atoms with Gasteiger partial charge < -0.3 is 10.2 Å². The molecule has 0 aliphatic carbocycles. The van der Waals surface area contributed by atoms with Gasteiger partial charge in [0.25, 0.3) is 5.78 Å². The predicted molar refractivity (Wildman–Crippen MR) is 73.2 cm³/mol. The Hall–Kier alpha value is -2.54. The highest BCUT2D eigenvalue weighted by molar-refractivity contribution is 7.97. The number of carbonyl (C=O) groups is 2. The van der Waals surface area contributed by atoms with Gasteiger partial charge in [0.2, 0.25) is 0 Å². The number of carbonyl (C=O) groups excluding carboxylic acids is 1. The van der Waals surface area contributed by atoms with E-state index in [-0.39, 0.29) is 5.56 Å². The number of ketones is 1. The second-order valence-electron chi connectivity index (χ2n) is 3.73. The van der Waals surface area contributed by atoms with Gasteiger partial charge in [-0.25, -0.2) is 8.88 Å². The Morgan fingerprint density at radius 1 is 1.20 bits per heavy atom. The molecule has 0 aliphatic heterocycles. The molecular formula is C13H10N2O4S. The maximum Gasteiger partial charge on any atom is 0.376 e. The van der Waals surface area contributed by atoms with Crippen molar-refractivity contribution in [2.75, 3.05) is 0 Å². The SMILES string of the molecule is O=C(O)C(=O)C=C(O)c1cnn(Sc2ccccc2)c1. The number of benzene rings is 1. The maximum absolute atomic E-state index is 11.0. The lowest BCUT2D eigenvalue weighted by Gasteiger charge is -1.99. The fourth-order valence-corrected chi connectivity index (χ4v) is 2.10. The zero-order valence-electron chi connectivity index (χ0n) is 10.1. The normalized spacial score (nSPS) is 11.3. The molecule has 0 atom stereocenters. The van der Waals surface area contributed by atoms with E-state index in [1.807, 2.05) is 30.3 Å². The minimum Gasteiger partial charge on any atom is -0.507 e. The number of aliphatic carboxylic acids is 1. The van der Waals surface area contributed by atoms with Crippen molar-refractivity contribution in [1.29, 1.82) is 0 Å². The summed E-state index contributed by atoms with van der Waals surface area (Å²) < 4.78 is 1.50. The van der Waals surface area contributed by atoms with Crippen LogP contribution in [-0.2, 0) is 9.59 Å². The smallest absolute Gasteiger partial charge is 0.376 e. The standard InChI is InChI=1S/C13H10N2O4S/c16-11(6-12(17)13(18)19)9-7-14-15(8-9)20-10-4-2-1-3-5-10/h1-8,16H,(H,18,19). The van der Waals surface area contributed by atoms with Gasteiger partial charge in [-0.15, -0.1) is 0 Å². The summed E-state index contributed by atoms with van der Waals surface area (Å²) in [6.45, 7) is 0. The minimum atomic E-state index is -1.62. The molecule has 0 spiro atoms. The molecule has 0 bridgehead atoms. The predicted octanol–water partition coefficient (Wildman–Crippen LogP) is 1.99. The van der Waals surface area contributed by atoms with Gasteiger partial charge in [0.05, 0.1) is 11.8 Å². The van der Waals surface area contributed by atoms with E-state index in [0.29, 0.717) is 6.08 Å². The largest absolute Gasteiger partial charge is 0.507 e. The Labute approximate surface area is 118 Å². The molecule has 0 saturated heterocycles. The van der Waals surface area contributed by atoms with Crippen LogP contribution < -0.4 is 0 Å². The summed E-state index contributed by atoms with van der Waals surface area (Å²) in [5, 5.41) is 22.1. The molecule has 1 heterocycles. The van der Waals surface area contributed by atoms with Crippen molar-refractivity contribution in [1.82, 2.24) is 9.19 Å². The third-order valence-corrected chi connectivity index (χ3v) is 3.15. The van der Waals surface area contributed by atoms with Crippen molar-refractivity contribution in [3.63, 3.8) is 0 Å². The number of aromatic nitrogens is 2. The van der Waals surface area contributed by atoms with Gasteiger partial charge in [-0.1, -0.05) is 18.2 Å². The van der Waals surface area contributed by atoms with Crippen LogP contribution >= 0.6 is 11.9 Å². The number of rotatable bonds is 5. The van der Waals surface area contributed by atoms with E-state index >= 15 is 0 Å². The third kappa shape index (κ3) is 3.48. The van der Waals surface area contributed by atoms with Gasteiger partial charge in [-0.3, -0.25) is 4.79 Å². The zero-order valence-corrected chi connectivity index (χ0v) is 10.9. The highest BCUT2D eigenvalue weighted by Gasteiger charge is 2.12. The molecule has 0 aliphatic rings. The molecule has 0 radical (unpaired) electrons. The first-order valence-corrected chi connectivity index (χ1v) is 6.30. The van der Waals surface area contributed by atoms with Crippen LogP contribution in [0.25, 0.3) is 5.76 Å². The average molecular weight is 290 g/mol. The number of aliphatic hydroxyl groups excluding tert-OH is 1. The Balaban J connectivity index is 2.13. The Bertz CT molecular complexity index is 664. The minimum absolute atomic E-state index is 0.267. The molecule has 1 aromatic heterocycles. The van der Waals surface area contributed by atoms with Crippen LogP contribution in [0, 0.1) is 0 Å². The second kappa shape index (κ2) is 6.07. The summed E-state index contributed by atoms with van der Waals surface area (Å²) in [6, 6.07) is 9.46. The van der Waals surface area contributed by atoms with E-state index < -0.39 is 17.5 Å². The topological polar surface area (TPSA) is 92.4 Å². The number of hydrogen-bond donors (Lipinski definition) is 2.